The normalized spacial score (nSPS) is 11.2. The van der Waals surface area contributed by atoms with E-state index in [4.69, 9.17) is 9.72 Å². The Bertz CT molecular complexity index is 1300. The van der Waals surface area contributed by atoms with Gasteiger partial charge in [-0.05, 0) is 76.4 Å². The van der Waals surface area contributed by atoms with Crippen LogP contribution in [0.25, 0.3) is 15.3 Å². The van der Waals surface area contributed by atoms with Crippen molar-refractivity contribution < 1.29 is 9.53 Å². The zero-order chi connectivity index (χ0) is 22.3. The summed E-state index contributed by atoms with van der Waals surface area (Å²) in [5, 5.41) is 8.40. The quantitative estimate of drug-likeness (QED) is 0.460. The largest absolute Gasteiger partial charge is 0.483 e. The highest BCUT2D eigenvalue weighted by Crippen LogP contribution is 2.34. The highest BCUT2D eigenvalue weighted by atomic mass is 32.1. The number of amides is 1. The fourth-order valence-corrected chi connectivity index (χ4v) is 4.82. The molecule has 0 spiro atoms. The van der Waals surface area contributed by atoms with Crippen LogP contribution in [0.5, 0.6) is 5.75 Å². The molecule has 0 unspecified atom stereocenters. The molecule has 0 atom stereocenters. The lowest BCUT2D eigenvalue weighted by molar-refractivity contribution is -0.118. The van der Waals surface area contributed by atoms with Gasteiger partial charge in [-0.25, -0.2) is 9.67 Å². The Morgan fingerprint density at radius 1 is 1.06 bits per heavy atom. The molecule has 4 rings (SSSR count). The molecule has 4 aromatic rings. The number of nitrogens with zero attached hydrogens (tertiary/aromatic N) is 3. The van der Waals surface area contributed by atoms with Gasteiger partial charge >= 0.3 is 0 Å². The molecule has 31 heavy (non-hydrogen) atoms. The molecule has 0 fully saturated rings. The zero-order valence-corrected chi connectivity index (χ0v) is 19.5. The number of anilines is 1. The summed E-state index contributed by atoms with van der Waals surface area (Å²) < 4.78 is 8.64. The summed E-state index contributed by atoms with van der Waals surface area (Å²) in [5.41, 5.74) is 7.87. The highest BCUT2D eigenvalue weighted by Gasteiger charge is 2.17. The molecule has 0 aliphatic carbocycles. The van der Waals surface area contributed by atoms with Gasteiger partial charge in [-0.3, -0.25) is 4.79 Å². The Labute approximate surface area is 185 Å². The molecule has 2 aromatic carbocycles. The van der Waals surface area contributed by atoms with Crippen LogP contribution in [0.3, 0.4) is 0 Å². The zero-order valence-electron chi connectivity index (χ0n) is 18.7. The molecular formula is C24H26N4O2S. The fraction of sp³-hybridized carbons (Fsp3) is 0.292. The average molecular weight is 435 g/mol. The number of ether oxygens (including phenoxy) is 1. The molecule has 0 aliphatic heterocycles. The maximum atomic E-state index is 12.6. The van der Waals surface area contributed by atoms with Gasteiger partial charge < -0.3 is 10.1 Å². The molecule has 0 saturated heterocycles. The average Bonchev–Trinajstić information content (AvgIpc) is 3.26. The molecule has 1 N–H and O–H groups in total. The molecule has 0 saturated carbocycles. The van der Waals surface area contributed by atoms with Gasteiger partial charge in [-0.2, -0.15) is 5.10 Å². The number of aryl methyl sites for hydroxylation is 6. The third-order valence-corrected chi connectivity index (χ3v) is 6.42. The summed E-state index contributed by atoms with van der Waals surface area (Å²) in [4.78, 5) is 17.4. The van der Waals surface area contributed by atoms with Gasteiger partial charge in [0, 0.05) is 11.4 Å². The second-order valence-corrected chi connectivity index (χ2v) is 8.96. The summed E-state index contributed by atoms with van der Waals surface area (Å²) in [6.45, 7) is 12.0. The smallest absolute Gasteiger partial charge is 0.262 e. The topological polar surface area (TPSA) is 69.0 Å². The summed E-state index contributed by atoms with van der Waals surface area (Å²) in [7, 11) is 0. The van der Waals surface area contributed by atoms with Crippen LogP contribution < -0.4 is 10.1 Å². The first-order chi connectivity index (χ1) is 14.7. The number of carbonyl (C=O) groups excluding carboxylic acids is 1. The Hall–Kier alpha value is -3.19. The Morgan fingerprint density at radius 2 is 1.84 bits per heavy atom. The maximum Gasteiger partial charge on any atom is 0.262 e. The van der Waals surface area contributed by atoms with Gasteiger partial charge in [0.1, 0.15) is 5.75 Å². The van der Waals surface area contributed by atoms with Crippen molar-refractivity contribution in [2.45, 2.75) is 41.5 Å². The van der Waals surface area contributed by atoms with E-state index in [2.05, 4.69) is 10.4 Å². The van der Waals surface area contributed by atoms with Gasteiger partial charge in [0.25, 0.3) is 5.91 Å². The second kappa shape index (κ2) is 8.15. The molecule has 160 valence electrons. The summed E-state index contributed by atoms with van der Waals surface area (Å²) >= 11 is 1.57. The number of thiazole rings is 1. The molecule has 0 bridgehead atoms. The van der Waals surface area contributed by atoms with Crippen LogP contribution in [0, 0.1) is 41.5 Å². The Balaban J connectivity index is 1.57. The predicted molar refractivity (Wildman–Crippen MR) is 126 cm³/mol. The van der Waals surface area contributed by atoms with Crippen molar-refractivity contribution >= 4 is 33.1 Å². The van der Waals surface area contributed by atoms with Crippen LogP contribution in [-0.2, 0) is 4.79 Å². The van der Waals surface area contributed by atoms with Crippen LogP contribution >= 0.6 is 11.3 Å². The van der Waals surface area contributed by atoms with E-state index >= 15 is 0 Å². The van der Waals surface area contributed by atoms with Crippen LogP contribution in [0.4, 0.5) is 5.69 Å². The lowest BCUT2D eigenvalue weighted by Gasteiger charge is -2.13. The van der Waals surface area contributed by atoms with Crippen LogP contribution in [0.15, 0.2) is 30.3 Å². The van der Waals surface area contributed by atoms with Crippen molar-refractivity contribution in [2.75, 3.05) is 11.9 Å². The van der Waals surface area contributed by atoms with E-state index < -0.39 is 0 Å². The molecule has 2 aromatic heterocycles. The first-order valence-electron chi connectivity index (χ1n) is 10.2. The minimum Gasteiger partial charge on any atom is -0.483 e. The van der Waals surface area contributed by atoms with E-state index in [-0.39, 0.29) is 12.5 Å². The van der Waals surface area contributed by atoms with Crippen molar-refractivity contribution in [2.24, 2.45) is 0 Å². The van der Waals surface area contributed by atoms with Crippen LogP contribution in [0.2, 0.25) is 0 Å². The van der Waals surface area contributed by atoms with E-state index in [1.54, 1.807) is 11.3 Å². The monoisotopic (exact) mass is 434 g/mol. The number of benzene rings is 2. The summed E-state index contributed by atoms with van der Waals surface area (Å²) in [6, 6.07) is 9.96. The van der Waals surface area contributed by atoms with Crippen molar-refractivity contribution in [3.63, 3.8) is 0 Å². The van der Waals surface area contributed by atoms with E-state index in [1.165, 1.54) is 5.56 Å². The lowest BCUT2D eigenvalue weighted by Crippen LogP contribution is -2.21. The molecule has 0 aliphatic rings. The van der Waals surface area contributed by atoms with E-state index in [0.29, 0.717) is 0 Å². The predicted octanol–water partition coefficient (Wildman–Crippen LogP) is 5.35. The van der Waals surface area contributed by atoms with Gasteiger partial charge in [0.15, 0.2) is 6.61 Å². The molecule has 1 amide bonds. The van der Waals surface area contributed by atoms with Gasteiger partial charge in [-0.1, -0.05) is 29.0 Å². The maximum absolute atomic E-state index is 12.6. The third-order valence-electron chi connectivity index (χ3n) is 5.25. The first kappa shape index (κ1) is 21.1. The molecular weight excluding hydrogens is 408 g/mol. The SMILES string of the molecule is Cc1ccc(OCC(=O)Nc2c(C)cc3nc(-n4nc(C)cc4C)sc3c2C)c(C)c1. The van der Waals surface area contributed by atoms with E-state index in [1.807, 2.05) is 76.6 Å². The van der Waals surface area contributed by atoms with Crippen molar-refractivity contribution in [1.82, 2.24) is 14.8 Å². The Morgan fingerprint density at radius 3 is 2.52 bits per heavy atom. The molecule has 2 heterocycles. The van der Waals surface area contributed by atoms with Crippen LogP contribution in [0.1, 0.15) is 33.6 Å². The number of carbonyl (C=O) groups is 1. The number of aromatic nitrogens is 3. The van der Waals surface area contributed by atoms with Gasteiger partial charge in [0.05, 0.1) is 15.9 Å². The van der Waals surface area contributed by atoms with Gasteiger partial charge in [0.2, 0.25) is 5.13 Å². The fourth-order valence-electron chi connectivity index (χ4n) is 3.76. The van der Waals surface area contributed by atoms with Crippen molar-refractivity contribution in [3.05, 3.63) is 64.0 Å². The van der Waals surface area contributed by atoms with Gasteiger partial charge in [-0.15, -0.1) is 0 Å². The number of fused-ring (bicyclic) bond motifs is 1. The standard InChI is InChI=1S/C24H26N4O2S/c1-13-7-8-20(14(2)9-13)30-12-21(29)26-22-15(3)10-19-23(18(22)6)31-24(25-19)28-17(5)11-16(4)27-28/h7-11H,12H2,1-6H3,(H,26,29). The first-order valence-corrected chi connectivity index (χ1v) is 11.0. The minimum absolute atomic E-state index is 0.0412. The summed E-state index contributed by atoms with van der Waals surface area (Å²) in [6.07, 6.45) is 0. The Kier molecular flexibility index (Phi) is 5.54. The van der Waals surface area contributed by atoms with Crippen molar-refractivity contribution in [1.29, 1.82) is 0 Å². The number of rotatable bonds is 5. The third kappa shape index (κ3) is 4.18. The van der Waals surface area contributed by atoms with E-state index in [9.17, 15) is 4.79 Å². The van der Waals surface area contributed by atoms with E-state index in [0.717, 1.165) is 54.9 Å². The molecule has 6 nitrogen and oxygen atoms in total. The molecule has 0 radical (unpaired) electrons. The minimum atomic E-state index is -0.186. The second-order valence-electron chi connectivity index (χ2n) is 7.98. The summed E-state index contributed by atoms with van der Waals surface area (Å²) in [5.74, 6) is 0.537. The number of hydrogen-bond acceptors (Lipinski definition) is 5. The van der Waals surface area contributed by atoms with Crippen LogP contribution in [-0.4, -0.2) is 27.3 Å². The van der Waals surface area contributed by atoms with Crippen molar-refractivity contribution in [3.8, 4) is 10.9 Å². The molecule has 7 heteroatoms. The highest BCUT2D eigenvalue weighted by molar-refractivity contribution is 7.21. The number of nitrogens with one attached hydrogen (secondary N) is 1. The number of hydrogen-bond donors (Lipinski definition) is 1. The lowest BCUT2D eigenvalue weighted by atomic mass is 10.1.